The highest BCUT2D eigenvalue weighted by Gasteiger charge is 2.35. The largest absolute Gasteiger partial charge is 0.351 e. The molecule has 0 saturated heterocycles. The summed E-state index contributed by atoms with van der Waals surface area (Å²) in [6.07, 6.45) is 5.93. The second-order valence-electron chi connectivity index (χ2n) is 9.16. The van der Waals surface area contributed by atoms with Gasteiger partial charge in [0.05, 0.1) is 23.8 Å². The average molecular weight is 517 g/mol. The summed E-state index contributed by atoms with van der Waals surface area (Å²) in [5, 5.41) is 6.48. The second kappa shape index (κ2) is 11.4. The molecule has 1 atom stereocenters. The summed E-state index contributed by atoms with van der Waals surface area (Å²) >= 11 is 12.7. The average Bonchev–Trinajstić information content (AvgIpc) is 3.30. The SMILES string of the molecule is NCCNC(=O)c1ccc2c(c1)NC(=O)CC(c1ccc(Cl)cc1Cl)N2C(=O)CCC1CCCC1. The molecule has 1 fully saturated rings. The molecule has 1 aliphatic heterocycles. The Hall–Kier alpha value is -2.61. The number of rotatable bonds is 7. The number of nitrogens with zero attached hydrogens (tertiary/aromatic N) is 1. The van der Waals surface area contributed by atoms with Gasteiger partial charge in [-0.3, -0.25) is 14.4 Å². The Bertz CT molecular complexity index is 1120. The van der Waals surface area contributed by atoms with Gasteiger partial charge in [0.1, 0.15) is 0 Å². The summed E-state index contributed by atoms with van der Waals surface area (Å²) < 4.78 is 0. The predicted octanol–water partition coefficient (Wildman–Crippen LogP) is 5.07. The van der Waals surface area contributed by atoms with Crippen LogP contribution in [-0.4, -0.2) is 30.8 Å². The van der Waals surface area contributed by atoms with Gasteiger partial charge in [0.2, 0.25) is 11.8 Å². The van der Waals surface area contributed by atoms with E-state index in [1.54, 1.807) is 41.3 Å². The Morgan fingerprint density at radius 3 is 2.60 bits per heavy atom. The first-order valence-electron chi connectivity index (χ1n) is 12.1. The van der Waals surface area contributed by atoms with Crippen molar-refractivity contribution in [1.82, 2.24) is 5.32 Å². The van der Waals surface area contributed by atoms with Gasteiger partial charge in [0.25, 0.3) is 5.91 Å². The number of fused-ring (bicyclic) bond motifs is 1. The van der Waals surface area contributed by atoms with Crippen LogP contribution in [0, 0.1) is 5.92 Å². The minimum absolute atomic E-state index is 0.0277. The van der Waals surface area contributed by atoms with Gasteiger partial charge < -0.3 is 21.3 Å². The Morgan fingerprint density at radius 2 is 1.89 bits per heavy atom. The lowest BCUT2D eigenvalue weighted by molar-refractivity contribution is -0.119. The number of carbonyl (C=O) groups is 3. The van der Waals surface area contributed by atoms with Crippen LogP contribution in [0.5, 0.6) is 0 Å². The van der Waals surface area contributed by atoms with Gasteiger partial charge in [0.15, 0.2) is 0 Å². The molecule has 3 amide bonds. The lowest BCUT2D eigenvalue weighted by Crippen LogP contribution is -2.35. The molecule has 0 aromatic heterocycles. The van der Waals surface area contributed by atoms with Gasteiger partial charge in [-0.1, -0.05) is 55.0 Å². The quantitative estimate of drug-likeness (QED) is 0.477. The smallest absolute Gasteiger partial charge is 0.251 e. The summed E-state index contributed by atoms with van der Waals surface area (Å²) in [6.45, 7) is 0.658. The number of carbonyl (C=O) groups excluding carboxylic acids is 3. The Balaban J connectivity index is 1.73. The number of nitrogens with two attached hydrogens (primary N) is 1. The molecule has 186 valence electrons. The molecule has 0 bridgehead atoms. The van der Waals surface area contributed by atoms with Crippen LogP contribution >= 0.6 is 23.2 Å². The van der Waals surface area contributed by atoms with Crippen LogP contribution in [0.2, 0.25) is 10.0 Å². The summed E-state index contributed by atoms with van der Waals surface area (Å²) in [7, 11) is 0. The molecular weight excluding hydrogens is 487 g/mol. The fourth-order valence-corrected chi connectivity index (χ4v) is 5.52. The fraction of sp³-hybridized carbons (Fsp3) is 0.423. The first kappa shape index (κ1) is 25.5. The van der Waals surface area contributed by atoms with Crippen LogP contribution in [0.3, 0.4) is 0 Å². The van der Waals surface area contributed by atoms with E-state index in [-0.39, 0.29) is 24.1 Å². The van der Waals surface area contributed by atoms with Crippen LogP contribution < -0.4 is 21.3 Å². The van der Waals surface area contributed by atoms with Crippen molar-refractivity contribution in [3.05, 3.63) is 57.6 Å². The Morgan fingerprint density at radius 1 is 1.11 bits per heavy atom. The highest BCUT2D eigenvalue weighted by molar-refractivity contribution is 6.35. The second-order valence-corrected chi connectivity index (χ2v) is 10.0. The third-order valence-corrected chi connectivity index (χ3v) is 7.31. The molecule has 2 aromatic carbocycles. The number of hydrogen-bond donors (Lipinski definition) is 3. The zero-order valence-electron chi connectivity index (χ0n) is 19.5. The molecule has 2 aromatic rings. The zero-order chi connectivity index (χ0) is 24.9. The van der Waals surface area contributed by atoms with E-state index in [4.69, 9.17) is 28.9 Å². The van der Waals surface area contributed by atoms with E-state index in [1.165, 1.54) is 12.8 Å². The standard InChI is InChI=1S/C26H30Cl2N4O3/c27-18-7-8-19(20(28)14-18)23-15-24(33)31-21-13-17(26(35)30-12-11-29)6-9-22(21)32(23)25(34)10-5-16-3-1-2-4-16/h6-9,13-14,16,23H,1-5,10-12,15,29H2,(H,30,35)(H,31,33). The van der Waals surface area contributed by atoms with Crippen molar-refractivity contribution >= 4 is 52.3 Å². The first-order valence-corrected chi connectivity index (χ1v) is 12.8. The molecule has 7 nitrogen and oxygen atoms in total. The van der Waals surface area contributed by atoms with Crippen molar-refractivity contribution in [2.45, 2.75) is 51.0 Å². The molecule has 4 N–H and O–H groups in total. The van der Waals surface area contributed by atoms with Gasteiger partial charge in [-0.2, -0.15) is 0 Å². The maximum absolute atomic E-state index is 13.7. The predicted molar refractivity (Wildman–Crippen MR) is 139 cm³/mol. The van der Waals surface area contributed by atoms with Crippen molar-refractivity contribution in [1.29, 1.82) is 0 Å². The van der Waals surface area contributed by atoms with Gasteiger partial charge in [-0.05, 0) is 48.2 Å². The normalized spacial score (nSPS) is 18.1. The van der Waals surface area contributed by atoms with E-state index in [0.717, 1.165) is 19.3 Å². The van der Waals surface area contributed by atoms with Crippen LogP contribution in [0.4, 0.5) is 11.4 Å². The molecule has 0 radical (unpaired) electrons. The lowest BCUT2D eigenvalue weighted by atomic mass is 9.98. The third-order valence-electron chi connectivity index (χ3n) is 6.74. The van der Waals surface area contributed by atoms with Gasteiger partial charge in [-0.25, -0.2) is 0 Å². The van der Waals surface area contributed by atoms with Crippen molar-refractivity contribution in [3.63, 3.8) is 0 Å². The molecule has 0 spiro atoms. The van der Waals surface area contributed by atoms with Crippen LogP contribution in [0.1, 0.15) is 66.9 Å². The minimum Gasteiger partial charge on any atom is -0.351 e. The summed E-state index contributed by atoms with van der Waals surface area (Å²) in [4.78, 5) is 40.8. The van der Waals surface area contributed by atoms with Gasteiger partial charge in [0, 0.05) is 35.1 Å². The van der Waals surface area contributed by atoms with E-state index in [1.807, 2.05) is 0 Å². The molecule has 9 heteroatoms. The summed E-state index contributed by atoms with van der Waals surface area (Å²) in [5.41, 5.74) is 7.47. The van der Waals surface area contributed by atoms with Crippen LogP contribution in [0.15, 0.2) is 36.4 Å². The minimum atomic E-state index is -0.603. The first-order chi connectivity index (χ1) is 16.9. The molecule has 4 rings (SSSR count). The summed E-state index contributed by atoms with van der Waals surface area (Å²) in [5.74, 6) is -0.0941. The number of amides is 3. The Labute approximate surface area is 215 Å². The van der Waals surface area contributed by atoms with E-state index >= 15 is 0 Å². The number of anilines is 2. The Kier molecular flexibility index (Phi) is 8.31. The van der Waals surface area contributed by atoms with Crippen molar-refractivity contribution < 1.29 is 14.4 Å². The number of hydrogen-bond acceptors (Lipinski definition) is 4. The third kappa shape index (κ3) is 5.97. The maximum Gasteiger partial charge on any atom is 0.251 e. The van der Waals surface area contributed by atoms with Gasteiger partial charge in [-0.15, -0.1) is 0 Å². The molecule has 1 unspecified atom stereocenters. The number of nitrogens with one attached hydrogen (secondary N) is 2. The highest BCUT2D eigenvalue weighted by atomic mass is 35.5. The topological polar surface area (TPSA) is 105 Å². The van der Waals surface area contributed by atoms with Crippen molar-refractivity contribution in [2.75, 3.05) is 23.3 Å². The molecular formula is C26H30Cl2N4O3. The fourth-order valence-electron chi connectivity index (χ4n) is 4.99. The van der Waals surface area contributed by atoms with Gasteiger partial charge >= 0.3 is 0 Å². The van der Waals surface area contributed by atoms with E-state index in [0.29, 0.717) is 58.0 Å². The maximum atomic E-state index is 13.7. The highest BCUT2D eigenvalue weighted by Crippen LogP contribution is 2.42. The van der Waals surface area contributed by atoms with Crippen LogP contribution in [0.25, 0.3) is 0 Å². The molecule has 1 saturated carbocycles. The van der Waals surface area contributed by atoms with E-state index in [2.05, 4.69) is 10.6 Å². The lowest BCUT2D eigenvalue weighted by Gasteiger charge is -2.32. The molecule has 1 aliphatic carbocycles. The van der Waals surface area contributed by atoms with Crippen LogP contribution in [-0.2, 0) is 9.59 Å². The summed E-state index contributed by atoms with van der Waals surface area (Å²) in [6, 6.07) is 9.45. The molecule has 2 aliphatic rings. The number of halogens is 2. The van der Waals surface area contributed by atoms with E-state index in [9.17, 15) is 14.4 Å². The number of benzene rings is 2. The molecule has 1 heterocycles. The van der Waals surface area contributed by atoms with Crippen molar-refractivity contribution in [2.24, 2.45) is 11.7 Å². The molecule has 35 heavy (non-hydrogen) atoms. The zero-order valence-corrected chi connectivity index (χ0v) is 21.0. The van der Waals surface area contributed by atoms with Crippen molar-refractivity contribution in [3.8, 4) is 0 Å². The van der Waals surface area contributed by atoms with E-state index < -0.39 is 6.04 Å². The monoisotopic (exact) mass is 516 g/mol.